The predicted octanol–water partition coefficient (Wildman–Crippen LogP) is 2.29. The molecule has 1 fully saturated rings. The fraction of sp³-hybridized carbons (Fsp3) is 0.444. The van der Waals surface area contributed by atoms with Crippen molar-refractivity contribution in [1.82, 2.24) is 9.47 Å². The fourth-order valence-corrected chi connectivity index (χ4v) is 3.66. The zero-order valence-electron chi connectivity index (χ0n) is 14.2. The van der Waals surface area contributed by atoms with E-state index in [1.165, 1.54) is 16.5 Å². The minimum atomic E-state index is -0.0800. The number of aryl methyl sites for hydroxylation is 3. The molecule has 1 amide bonds. The van der Waals surface area contributed by atoms with Crippen LogP contribution < -0.4 is 10.3 Å². The summed E-state index contributed by atoms with van der Waals surface area (Å²) < 4.78 is 7.39. The van der Waals surface area contributed by atoms with Crippen molar-refractivity contribution in [3.63, 3.8) is 0 Å². The molecule has 24 heavy (non-hydrogen) atoms. The van der Waals surface area contributed by atoms with Crippen LogP contribution in [0.15, 0.2) is 28.4 Å². The van der Waals surface area contributed by atoms with Gasteiger partial charge in [-0.1, -0.05) is 0 Å². The first-order valence-corrected chi connectivity index (χ1v) is 8.97. The van der Waals surface area contributed by atoms with E-state index in [9.17, 15) is 9.59 Å². The van der Waals surface area contributed by atoms with E-state index in [0.29, 0.717) is 25.3 Å². The third-order valence-corrected chi connectivity index (χ3v) is 5.60. The minimum absolute atomic E-state index is 0.0241. The molecule has 1 aliphatic rings. The smallest absolute Gasteiger partial charge is 0.254 e. The Labute approximate surface area is 145 Å². The Morgan fingerprint density at radius 1 is 1.33 bits per heavy atom. The van der Waals surface area contributed by atoms with Crippen LogP contribution in [0.2, 0.25) is 0 Å². The predicted molar refractivity (Wildman–Crippen MR) is 94.8 cm³/mol. The lowest BCUT2D eigenvalue weighted by atomic mass is 10.1. The zero-order valence-corrected chi connectivity index (χ0v) is 15.1. The number of thiophene rings is 1. The molecule has 5 nitrogen and oxygen atoms in total. The molecule has 3 heterocycles. The Bertz CT molecular complexity index is 803. The first-order chi connectivity index (χ1) is 11.4. The van der Waals surface area contributed by atoms with E-state index in [4.69, 9.17) is 4.74 Å². The van der Waals surface area contributed by atoms with Gasteiger partial charge in [0.15, 0.2) is 0 Å². The third kappa shape index (κ3) is 3.53. The number of ether oxygens (including phenoxy) is 1. The normalized spacial score (nSPS) is 14.5. The molecule has 6 heteroatoms. The highest BCUT2D eigenvalue weighted by molar-refractivity contribution is 7.10. The van der Waals surface area contributed by atoms with Gasteiger partial charge in [0.25, 0.3) is 5.56 Å². The second-order valence-electron chi connectivity index (χ2n) is 6.30. The summed E-state index contributed by atoms with van der Waals surface area (Å²) in [5.41, 5.74) is 2.04. The number of hydrogen-bond acceptors (Lipinski definition) is 4. The van der Waals surface area contributed by atoms with Crippen LogP contribution >= 0.6 is 11.3 Å². The van der Waals surface area contributed by atoms with Gasteiger partial charge in [0.2, 0.25) is 5.91 Å². The number of carbonyl (C=O) groups is 1. The van der Waals surface area contributed by atoms with Gasteiger partial charge in [-0.25, -0.2) is 0 Å². The summed E-state index contributed by atoms with van der Waals surface area (Å²) in [5.74, 6) is 0.754. The monoisotopic (exact) mass is 346 g/mol. The second-order valence-corrected chi connectivity index (χ2v) is 7.30. The third-order valence-electron chi connectivity index (χ3n) is 4.51. The quantitative estimate of drug-likeness (QED) is 0.835. The highest BCUT2D eigenvalue weighted by Crippen LogP contribution is 2.21. The summed E-state index contributed by atoms with van der Waals surface area (Å²) in [6.07, 6.45) is 1.32. The lowest BCUT2D eigenvalue weighted by molar-refractivity contribution is -0.139. The molecule has 0 aliphatic carbocycles. The van der Waals surface area contributed by atoms with Gasteiger partial charge < -0.3 is 14.2 Å². The van der Waals surface area contributed by atoms with Crippen LogP contribution in [0.1, 0.15) is 22.6 Å². The van der Waals surface area contributed by atoms with Crippen LogP contribution in [0, 0.1) is 13.8 Å². The zero-order chi connectivity index (χ0) is 17.3. The van der Waals surface area contributed by atoms with Gasteiger partial charge in [-0.05, 0) is 43.3 Å². The van der Waals surface area contributed by atoms with Crippen LogP contribution in [0.3, 0.4) is 0 Å². The molecule has 0 bridgehead atoms. The maximum absolute atomic E-state index is 12.2. The molecule has 2 aromatic heterocycles. The molecule has 0 unspecified atom stereocenters. The van der Waals surface area contributed by atoms with Crippen molar-refractivity contribution >= 4 is 17.2 Å². The van der Waals surface area contributed by atoms with Crippen LogP contribution in [-0.2, 0) is 18.3 Å². The average Bonchev–Trinajstić information content (AvgIpc) is 2.90. The maximum atomic E-state index is 12.2. The van der Waals surface area contributed by atoms with E-state index in [1.807, 2.05) is 17.9 Å². The highest BCUT2D eigenvalue weighted by atomic mass is 32.1. The van der Waals surface area contributed by atoms with Crippen molar-refractivity contribution in [3.8, 4) is 5.75 Å². The first kappa shape index (κ1) is 16.8. The molecule has 2 aromatic rings. The standard InChI is InChI=1S/C18H22N2O3S/c1-12-6-7-24-16(12)4-5-17(21)20-10-15(11-20)23-14-8-13(2)19(3)18(22)9-14/h6-9,15H,4-5,10-11H2,1-3H3. The molecular weight excluding hydrogens is 324 g/mol. The molecule has 1 saturated heterocycles. The largest absolute Gasteiger partial charge is 0.486 e. The molecular formula is C18H22N2O3S. The second kappa shape index (κ2) is 6.81. The van der Waals surface area contributed by atoms with E-state index in [1.54, 1.807) is 23.0 Å². The van der Waals surface area contributed by atoms with E-state index in [2.05, 4.69) is 18.4 Å². The van der Waals surface area contributed by atoms with Crippen molar-refractivity contribution in [2.75, 3.05) is 13.1 Å². The van der Waals surface area contributed by atoms with Crippen LogP contribution in [0.25, 0.3) is 0 Å². The number of carbonyl (C=O) groups excluding carboxylic acids is 1. The Morgan fingerprint density at radius 3 is 2.71 bits per heavy atom. The number of rotatable bonds is 5. The SMILES string of the molecule is Cc1ccsc1CCC(=O)N1CC(Oc2cc(C)n(C)c(=O)c2)C1. The van der Waals surface area contributed by atoms with E-state index >= 15 is 0 Å². The van der Waals surface area contributed by atoms with Gasteiger partial charge in [0, 0.05) is 30.1 Å². The summed E-state index contributed by atoms with van der Waals surface area (Å²) in [6, 6.07) is 5.44. The molecule has 128 valence electrons. The number of likely N-dealkylation sites (tertiary alicyclic amines) is 1. The molecule has 3 rings (SSSR count). The van der Waals surface area contributed by atoms with Crippen molar-refractivity contribution in [1.29, 1.82) is 0 Å². The molecule has 0 spiro atoms. The lowest BCUT2D eigenvalue weighted by Crippen LogP contribution is -2.56. The Morgan fingerprint density at radius 2 is 2.08 bits per heavy atom. The maximum Gasteiger partial charge on any atom is 0.254 e. The summed E-state index contributed by atoms with van der Waals surface area (Å²) >= 11 is 1.71. The van der Waals surface area contributed by atoms with Crippen molar-refractivity contribution in [2.24, 2.45) is 7.05 Å². The average molecular weight is 346 g/mol. The first-order valence-electron chi connectivity index (χ1n) is 8.09. The molecule has 0 aromatic carbocycles. The number of hydrogen-bond donors (Lipinski definition) is 0. The summed E-state index contributed by atoms with van der Waals surface area (Å²) in [5, 5.41) is 2.06. The van der Waals surface area contributed by atoms with Gasteiger partial charge in [-0.15, -0.1) is 11.3 Å². The van der Waals surface area contributed by atoms with Crippen LogP contribution in [0.4, 0.5) is 0 Å². The van der Waals surface area contributed by atoms with Gasteiger partial charge in [0.05, 0.1) is 13.1 Å². The van der Waals surface area contributed by atoms with Crippen LogP contribution in [0.5, 0.6) is 5.75 Å². The van der Waals surface area contributed by atoms with Crippen molar-refractivity contribution in [2.45, 2.75) is 32.8 Å². The summed E-state index contributed by atoms with van der Waals surface area (Å²) in [6.45, 7) is 5.14. The topological polar surface area (TPSA) is 51.5 Å². The van der Waals surface area contributed by atoms with E-state index in [-0.39, 0.29) is 17.6 Å². The Hall–Kier alpha value is -2.08. The fourth-order valence-electron chi connectivity index (χ4n) is 2.75. The van der Waals surface area contributed by atoms with E-state index < -0.39 is 0 Å². The van der Waals surface area contributed by atoms with Gasteiger partial charge in [0.1, 0.15) is 11.9 Å². The minimum Gasteiger partial charge on any atom is -0.486 e. The molecule has 0 radical (unpaired) electrons. The number of pyridine rings is 1. The Balaban J connectivity index is 1.48. The molecule has 1 aliphatic heterocycles. The summed E-state index contributed by atoms with van der Waals surface area (Å²) in [4.78, 5) is 27.1. The van der Waals surface area contributed by atoms with Crippen LogP contribution in [-0.4, -0.2) is 34.6 Å². The highest BCUT2D eigenvalue weighted by Gasteiger charge is 2.32. The number of amides is 1. The van der Waals surface area contributed by atoms with Crippen molar-refractivity contribution in [3.05, 3.63) is 50.1 Å². The molecule has 0 atom stereocenters. The number of nitrogens with zero attached hydrogens (tertiary/aromatic N) is 2. The summed E-state index contributed by atoms with van der Waals surface area (Å²) in [7, 11) is 1.74. The van der Waals surface area contributed by atoms with E-state index in [0.717, 1.165) is 12.1 Å². The molecule has 0 N–H and O–H groups in total. The van der Waals surface area contributed by atoms with Gasteiger partial charge >= 0.3 is 0 Å². The van der Waals surface area contributed by atoms with Gasteiger partial charge in [-0.2, -0.15) is 0 Å². The lowest BCUT2D eigenvalue weighted by Gasteiger charge is -2.39. The number of aromatic nitrogens is 1. The van der Waals surface area contributed by atoms with Gasteiger partial charge in [-0.3, -0.25) is 9.59 Å². The van der Waals surface area contributed by atoms with Crippen molar-refractivity contribution < 1.29 is 9.53 Å². The molecule has 0 saturated carbocycles. The Kier molecular flexibility index (Phi) is 4.76.